The summed E-state index contributed by atoms with van der Waals surface area (Å²) in [5.41, 5.74) is 0.0387. The summed E-state index contributed by atoms with van der Waals surface area (Å²) in [7, 11) is 0. The highest BCUT2D eigenvalue weighted by atomic mass is 16.5. The minimum Gasteiger partial charge on any atom is -0.375 e. The second kappa shape index (κ2) is 5.80. The van der Waals surface area contributed by atoms with E-state index in [2.05, 4.69) is 29.3 Å². The number of aromatic nitrogens is 2. The minimum absolute atomic E-state index is 0.0387. The van der Waals surface area contributed by atoms with Gasteiger partial charge in [-0.2, -0.15) is 4.98 Å². The normalized spacial score (nSPS) is 28.5. The summed E-state index contributed by atoms with van der Waals surface area (Å²) in [4.78, 5) is 4.20. The minimum atomic E-state index is 0.0387. The summed E-state index contributed by atoms with van der Waals surface area (Å²) in [5, 5.41) is 7.35. The van der Waals surface area contributed by atoms with E-state index in [-0.39, 0.29) is 5.60 Å². The van der Waals surface area contributed by atoms with Gasteiger partial charge < -0.3 is 14.6 Å². The molecule has 1 aromatic heterocycles. The maximum Gasteiger partial charge on any atom is 0.227 e. The predicted molar refractivity (Wildman–Crippen MR) is 68.4 cm³/mol. The third-order valence-corrected chi connectivity index (χ3v) is 3.68. The van der Waals surface area contributed by atoms with E-state index >= 15 is 0 Å². The van der Waals surface area contributed by atoms with E-state index in [1.54, 1.807) is 0 Å². The molecule has 0 amide bonds. The first-order valence-corrected chi connectivity index (χ1v) is 6.78. The molecule has 0 aliphatic carbocycles. The van der Waals surface area contributed by atoms with Crippen LogP contribution in [-0.4, -0.2) is 34.9 Å². The van der Waals surface area contributed by atoms with Crippen molar-refractivity contribution in [1.82, 2.24) is 15.5 Å². The zero-order chi connectivity index (χ0) is 13.0. The van der Waals surface area contributed by atoms with Gasteiger partial charge in [-0.05, 0) is 33.1 Å². The number of rotatable bonds is 5. The van der Waals surface area contributed by atoms with Gasteiger partial charge >= 0.3 is 0 Å². The molecule has 2 atom stereocenters. The van der Waals surface area contributed by atoms with Gasteiger partial charge in [-0.25, -0.2) is 0 Å². The van der Waals surface area contributed by atoms with Crippen LogP contribution in [0.5, 0.6) is 0 Å². The maximum absolute atomic E-state index is 5.83. The molecule has 5 heteroatoms. The molecule has 0 bridgehead atoms. The number of hydrogen-bond donors (Lipinski definition) is 1. The Morgan fingerprint density at radius 3 is 3.00 bits per heavy atom. The summed E-state index contributed by atoms with van der Waals surface area (Å²) in [6, 6.07) is 0.535. The Morgan fingerprint density at radius 2 is 2.33 bits per heavy atom. The lowest BCUT2D eigenvalue weighted by Crippen LogP contribution is -2.45. The van der Waals surface area contributed by atoms with Crippen molar-refractivity contribution in [3.05, 3.63) is 11.7 Å². The molecule has 2 rings (SSSR count). The van der Waals surface area contributed by atoms with E-state index < -0.39 is 0 Å². The molecular weight excluding hydrogens is 230 g/mol. The van der Waals surface area contributed by atoms with E-state index in [1.165, 1.54) is 0 Å². The third kappa shape index (κ3) is 3.53. The monoisotopic (exact) mass is 253 g/mol. The van der Waals surface area contributed by atoms with Gasteiger partial charge in [0.2, 0.25) is 5.89 Å². The molecular formula is C13H23N3O2. The summed E-state index contributed by atoms with van der Waals surface area (Å²) >= 11 is 0. The highest BCUT2D eigenvalue weighted by Gasteiger charge is 2.31. The van der Waals surface area contributed by atoms with Crippen molar-refractivity contribution < 1.29 is 9.26 Å². The lowest BCUT2D eigenvalue weighted by atomic mass is 9.90. The van der Waals surface area contributed by atoms with Crippen LogP contribution in [0, 0.1) is 6.92 Å². The van der Waals surface area contributed by atoms with Crippen molar-refractivity contribution in [3.8, 4) is 0 Å². The van der Waals surface area contributed by atoms with Gasteiger partial charge in [0, 0.05) is 25.6 Å². The van der Waals surface area contributed by atoms with Crippen LogP contribution < -0.4 is 5.32 Å². The molecule has 0 spiro atoms. The van der Waals surface area contributed by atoms with Crippen LogP contribution in [0.1, 0.15) is 44.8 Å². The highest BCUT2D eigenvalue weighted by molar-refractivity contribution is 4.87. The van der Waals surface area contributed by atoms with Crippen LogP contribution in [0.25, 0.3) is 0 Å². The number of nitrogens with one attached hydrogen (secondary N) is 1. The van der Waals surface area contributed by atoms with Crippen LogP contribution in [0.3, 0.4) is 0 Å². The zero-order valence-corrected chi connectivity index (χ0v) is 11.5. The average Bonchev–Trinajstić information content (AvgIpc) is 2.75. The summed E-state index contributed by atoms with van der Waals surface area (Å²) in [5.74, 6) is 1.42. The molecule has 0 saturated carbocycles. The largest absolute Gasteiger partial charge is 0.375 e. The first-order chi connectivity index (χ1) is 8.61. The topological polar surface area (TPSA) is 60.2 Å². The first kappa shape index (κ1) is 13.5. The van der Waals surface area contributed by atoms with E-state index in [1.807, 2.05) is 6.92 Å². The fourth-order valence-corrected chi connectivity index (χ4v) is 2.38. The average molecular weight is 253 g/mol. The summed E-state index contributed by atoms with van der Waals surface area (Å²) in [6.45, 7) is 7.95. The van der Waals surface area contributed by atoms with Crippen LogP contribution >= 0.6 is 0 Å². The van der Waals surface area contributed by atoms with Crippen molar-refractivity contribution in [2.24, 2.45) is 0 Å². The molecule has 1 fully saturated rings. The molecule has 0 radical (unpaired) electrons. The Balaban J connectivity index is 1.73. The van der Waals surface area contributed by atoms with E-state index in [4.69, 9.17) is 9.26 Å². The Kier molecular flexibility index (Phi) is 4.35. The van der Waals surface area contributed by atoms with E-state index in [9.17, 15) is 0 Å². The molecule has 0 aromatic carbocycles. The third-order valence-electron chi connectivity index (χ3n) is 3.68. The molecule has 2 heterocycles. The van der Waals surface area contributed by atoms with E-state index in [0.29, 0.717) is 17.8 Å². The van der Waals surface area contributed by atoms with Crippen LogP contribution in [0.2, 0.25) is 0 Å². The molecule has 1 N–H and O–H groups in total. The van der Waals surface area contributed by atoms with Gasteiger partial charge in [0.25, 0.3) is 0 Å². The summed E-state index contributed by atoms with van der Waals surface area (Å²) in [6.07, 6.45) is 4.01. The second-order valence-electron chi connectivity index (χ2n) is 5.28. The fraction of sp³-hybridized carbons (Fsp3) is 0.846. The quantitative estimate of drug-likeness (QED) is 0.868. The Morgan fingerprint density at radius 1 is 1.50 bits per heavy atom. The van der Waals surface area contributed by atoms with Crippen molar-refractivity contribution in [1.29, 1.82) is 0 Å². The molecule has 18 heavy (non-hydrogen) atoms. The summed E-state index contributed by atoms with van der Waals surface area (Å²) < 4.78 is 10.9. The molecule has 1 aromatic rings. The van der Waals surface area contributed by atoms with Crippen LogP contribution in [-0.2, 0) is 11.2 Å². The zero-order valence-electron chi connectivity index (χ0n) is 11.5. The molecule has 2 unspecified atom stereocenters. The maximum atomic E-state index is 5.83. The van der Waals surface area contributed by atoms with Crippen molar-refractivity contribution >= 4 is 0 Å². The lowest BCUT2D eigenvalue weighted by Gasteiger charge is -2.38. The fourth-order valence-electron chi connectivity index (χ4n) is 2.38. The smallest absolute Gasteiger partial charge is 0.227 e. The Bertz CT molecular complexity index is 380. The Hall–Kier alpha value is -0.940. The predicted octanol–water partition coefficient (Wildman–Crippen LogP) is 1.86. The molecule has 1 aliphatic rings. The van der Waals surface area contributed by atoms with Gasteiger partial charge in [0.1, 0.15) is 0 Å². The van der Waals surface area contributed by atoms with E-state index in [0.717, 1.165) is 38.8 Å². The van der Waals surface area contributed by atoms with Gasteiger partial charge in [-0.1, -0.05) is 12.1 Å². The highest BCUT2D eigenvalue weighted by Crippen LogP contribution is 2.27. The standard InChI is InChI=1S/C13H23N3O2/c1-4-13(3)9-11(6-8-17-13)14-7-5-12-15-10(2)16-18-12/h11,14H,4-9H2,1-3H3. The molecule has 5 nitrogen and oxygen atoms in total. The van der Waals surface area contributed by atoms with Crippen molar-refractivity contribution in [3.63, 3.8) is 0 Å². The van der Waals surface area contributed by atoms with Gasteiger partial charge in [-0.3, -0.25) is 0 Å². The van der Waals surface area contributed by atoms with Crippen LogP contribution in [0.4, 0.5) is 0 Å². The van der Waals surface area contributed by atoms with Gasteiger partial charge in [-0.15, -0.1) is 0 Å². The molecule has 1 aliphatic heterocycles. The van der Waals surface area contributed by atoms with Crippen molar-refractivity contribution in [2.45, 2.75) is 58.1 Å². The van der Waals surface area contributed by atoms with Gasteiger partial charge in [0.15, 0.2) is 5.82 Å². The lowest BCUT2D eigenvalue weighted by molar-refractivity contribution is -0.0778. The number of hydrogen-bond acceptors (Lipinski definition) is 5. The second-order valence-corrected chi connectivity index (χ2v) is 5.28. The van der Waals surface area contributed by atoms with Crippen LogP contribution in [0.15, 0.2) is 4.52 Å². The number of nitrogens with zero attached hydrogens (tertiary/aromatic N) is 2. The molecule has 1 saturated heterocycles. The van der Waals surface area contributed by atoms with Gasteiger partial charge in [0.05, 0.1) is 5.60 Å². The SMILES string of the molecule is CCC1(C)CC(NCCc2nc(C)no2)CCO1. The number of aryl methyl sites for hydroxylation is 1. The molecule has 102 valence electrons. The Labute approximate surface area is 108 Å². The first-order valence-electron chi connectivity index (χ1n) is 6.78. The van der Waals surface area contributed by atoms with Crippen molar-refractivity contribution in [2.75, 3.05) is 13.2 Å². The number of ether oxygens (including phenoxy) is 1.